The molecule has 0 radical (unpaired) electrons. The molecule has 3 N–H and O–H groups in total. The second kappa shape index (κ2) is 13.7. The van der Waals surface area contributed by atoms with Gasteiger partial charge < -0.3 is 20.9 Å². The van der Waals surface area contributed by atoms with Crippen molar-refractivity contribution in [1.29, 1.82) is 0 Å². The lowest BCUT2D eigenvalue weighted by molar-refractivity contribution is -0.121. The van der Waals surface area contributed by atoms with Gasteiger partial charge in [0.25, 0.3) is 0 Å². The summed E-state index contributed by atoms with van der Waals surface area (Å²) in [5.74, 6) is 0.638. The fourth-order valence-electron chi connectivity index (χ4n) is 2.29. The normalized spacial score (nSPS) is 13.2. The maximum absolute atomic E-state index is 11.8. The molecule has 0 aliphatic heterocycles. The highest BCUT2D eigenvalue weighted by atomic mass is 127. The standard InChI is InChI=1S/C17H37N5O.HI/c1-8-22(9-2)12-10-11-14(3)20-16(18-7)19-13-15(23)21-17(4,5)6;/h14H,8-13H2,1-7H3,(H,21,23)(H2,18,19,20);1H. The molecule has 0 aromatic heterocycles. The number of hydrogen-bond donors (Lipinski definition) is 3. The van der Waals surface area contributed by atoms with Crippen LogP contribution >= 0.6 is 24.0 Å². The molecule has 0 aliphatic rings. The smallest absolute Gasteiger partial charge is 0.239 e. The van der Waals surface area contributed by atoms with Gasteiger partial charge in [-0.2, -0.15) is 0 Å². The molecular weight excluding hydrogens is 417 g/mol. The van der Waals surface area contributed by atoms with Gasteiger partial charge in [-0.25, -0.2) is 0 Å². The molecule has 0 aromatic rings. The molecule has 0 spiro atoms. The van der Waals surface area contributed by atoms with Crippen molar-refractivity contribution in [2.75, 3.05) is 33.2 Å². The maximum Gasteiger partial charge on any atom is 0.239 e. The van der Waals surface area contributed by atoms with E-state index in [1.54, 1.807) is 7.05 Å². The minimum absolute atomic E-state index is 0. The fraction of sp³-hybridized carbons (Fsp3) is 0.882. The van der Waals surface area contributed by atoms with Crippen molar-refractivity contribution in [2.24, 2.45) is 4.99 Å². The molecule has 0 bridgehead atoms. The molecule has 0 rings (SSSR count). The average molecular weight is 455 g/mol. The van der Waals surface area contributed by atoms with Crippen LogP contribution in [0.3, 0.4) is 0 Å². The largest absolute Gasteiger partial charge is 0.354 e. The van der Waals surface area contributed by atoms with Crippen LogP contribution in [0, 0.1) is 0 Å². The zero-order valence-corrected chi connectivity index (χ0v) is 18.9. The number of rotatable bonds is 9. The van der Waals surface area contributed by atoms with Gasteiger partial charge in [-0.3, -0.25) is 9.79 Å². The van der Waals surface area contributed by atoms with Gasteiger partial charge in [-0.05, 0) is 60.2 Å². The van der Waals surface area contributed by atoms with Crippen molar-refractivity contribution >= 4 is 35.8 Å². The Hall–Kier alpha value is -0.570. The van der Waals surface area contributed by atoms with Gasteiger partial charge in [0.15, 0.2) is 5.96 Å². The highest BCUT2D eigenvalue weighted by Gasteiger charge is 2.14. The summed E-state index contributed by atoms with van der Waals surface area (Å²) in [6, 6.07) is 0.322. The van der Waals surface area contributed by atoms with Crippen LogP contribution in [0.25, 0.3) is 0 Å². The third-order valence-electron chi connectivity index (χ3n) is 3.54. The Labute approximate surface area is 165 Å². The summed E-state index contributed by atoms with van der Waals surface area (Å²) in [4.78, 5) is 18.4. The number of carbonyl (C=O) groups is 1. The molecular formula is C17H38IN5O. The van der Waals surface area contributed by atoms with Crippen molar-refractivity contribution in [2.45, 2.75) is 66.0 Å². The zero-order valence-electron chi connectivity index (χ0n) is 16.5. The molecule has 7 heteroatoms. The molecule has 0 saturated heterocycles. The second-order valence-corrected chi connectivity index (χ2v) is 6.94. The summed E-state index contributed by atoms with van der Waals surface area (Å²) in [5, 5.41) is 9.32. The quantitative estimate of drug-likeness (QED) is 0.283. The number of hydrogen-bond acceptors (Lipinski definition) is 3. The van der Waals surface area contributed by atoms with E-state index in [1.165, 1.54) is 0 Å². The minimum Gasteiger partial charge on any atom is -0.354 e. The predicted octanol–water partition coefficient (Wildman–Crippen LogP) is 2.19. The molecule has 1 amide bonds. The topological polar surface area (TPSA) is 68.8 Å². The Morgan fingerprint density at radius 2 is 1.79 bits per heavy atom. The van der Waals surface area contributed by atoms with Crippen molar-refractivity contribution in [3.8, 4) is 0 Å². The van der Waals surface area contributed by atoms with Crippen molar-refractivity contribution in [3.05, 3.63) is 0 Å². The first-order valence-electron chi connectivity index (χ1n) is 8.72. The van der Waals surface area contributed by atoms with Crippen LogP contribution in [-0.4, -0.2) is 61.6 Å². The second-order valence-electron chi connectivity index (χ2n) is 6.94. The monoisotopic (exact) mass is 455 g/mol. The molecule has 1 atom stereocenters. The Bertz CT molecular complexity index is 364. The zero-order chi connectivity index (χ0) is 17.9. The van der Waals surface area contributed by atoms with Crippen molar-refractivity contribution in [1.82, 2.24) is 20.9 Å². The number of aliphatic imine (C=N–C) groups is 1. The van der Waals surface area contributed by atoms with Crippen LogP contribution in [0.5, 0.6) is 0 Å². The number of amides is 1. The molecule has 0 heterocycles. The maximum atomic E-state index is 11.8. The van der Waals surface area contributed by atoms with Crippen LogP contribution in [0.2, 0.25) is 0 Å². The first-order valence-corrected chi connectivity index (χ1v) is 8.72. The number of halogens is 1. The summed E-state index contributed by atoms with van der Waals surface area (Å²) in [5.41, 5.74) is -0.215. The third-order valence-corrected chi connectivity index (χ3v) is 3.54. The van der Waals surface area contributed by atoms with E-state index >= 15 is 0 Å². The van der Waals surface area contributed by atoms with Crippen LogP contribution in [0.4, 0.5) is 0 Å². The molecule has 144 valence electrons. The highest BCUT2D eigenvalue weighted by molar-refractivity contribution is 14.0. The van der Waals surface area contributed by atoms with Gasteiger partial charge in [0, 0.05) is 18.6 Å². The Kier molecular flexibility index (Phi) is 14.6. The molecule has 0 saturated carbocycles. The van der Waals surface area contributed by atoms with E-state index in [2.05, 4.69) is 46.6 Å². The van der Waals surface area contributed by atoms with E-state index in [-0.39, 0.29) is 42.0 Å². The fourth-order valence-corrected chi connectivity index (χ4v) is 2.29. The Morgan fingerprint density at radius 1 is 1.21 bits per heavy atom. The van der Waals surface area contributed by atoms with E-state index in [4.69, 9.17) is 0 Å². The van der Waals surface area contributed by atoms with E-state index in [1.807, 2.05) is 20.8 Å². The van der Waals surface area contributed by atoms with Gasteiger partial charge in [0.1, 0.15) is 0 Å². The van der Waals surface area contributed by atoms with Crippen LogP contribution in [-0.2, 0) is 4.79 Å². The van der Waals surface area contributed by atoms with Crippen molar-refractivity contribution < 1.29 is 4.79 Å². The van der Waals surface area contributed by atoms with E-state index < -0.39 is 0 Å². The van der Waals surface area contributed by atoms with Gasteiger partial charge >= 0.3 is 0 Å². The minimum atomic E-state index is -0.215. The first-order chi connectivity index (χ1) is 10.7. The third kappa shape index (κ3) is 13.8. The summed E-state index contributed by atoms with van der Waals surface area (Å²) in [6.45, 7) is 16.0. The molecule has 0 fully saturated rings. The lowest BCUT2D eigenvalue weighted by atomic mass is 10.1. The molecule has 24 heavy (non-hydrogen) atoms. The number of nitrogens with one attached hydrogen (secondary N) is 3. The van der Waals surface area contributed by atoms with Crippen LogP contribution in [0.1, 0.15) is 54.4 Å². The number of nitrogens with zero attached hydrogens (tertiary/aromatic N) is 2. The van der Waals surface area contributed by atoms with Gasteiger partial charge in [-0.15, -0.1) is 24.0 Å². The lowest BCUT2D eigenvalue weighted by Gasteiger charge is -2.22. The van der Waals surface area contributed by atoms with Gasteiger partial charge in [0.05, 0.1) is 6.54 Å². The van der Waals surface area contributed by atoms with E-state index in [0.717, 1.165) is 32.5 Å². The summed E-state index contributed by atoms with van der Waals surface area (Å²) in [7, 11) is 1.72. The number of carbonyl (C=O) groups excluding carboxylic acids is 1. The molecule has 1 unspecified atom stereocenters. The van der Waals surface area contributed by atoms with Crippen LogP contribution < -0.4 is 16.0 Å². The summed E-state index contributed by atoms with van der Waals surface area (Å²) >= 11 is 0. The lowest BCUT2D eigenvalue weighted by Crippen LogP contribution is -2.49. The van der Waals surface area contributed by atoms with Gasteiger partial charge in [-0.1, -0.05) is 13.8 Å². The van der Waals surface area contributed by atoms with Crippen molar-refractivity contribution in [3.63, 3.8) is 0 Å². The Morgan fingerprint density at radius 3 is 2.25 bits per heavy atom. The first kappa shape index (κ1) is 25.7. The Balaban J connectivity index is 0. The molecule has 0 aromatic carbocycles. The average Bonchev–Trinajstić information content (AvgIpc) is 2.46. The number of guanidine groups is 1. The SMILES string of the molecule is CCN(CC)CCCC(C)NC(=NC)NCC(=O)NC(C)(C)C.I. The molecule has 0 aliphatic carbocycles. The van der Waals surface area contributed by atoms with Gasteiger partial charge in [0.2, 0.25) is 5.91 Å². The summed E-state index contributed by atoms with van der Waals surface area (Å²) < 4.78 is 0. The van der Waals surface area contributed by atoms with Crippen LogP contribution in [0.15, 0.2) is 4.99 Å². The predicted molar refractivity (Wildman–Crippen MR) is 114 cm³/mol. The summed E-state index contributed by atoms with van der Waals surface area (Å²) in [6.07, 6.45) is 2.22. The van der Waals surface area contributed by atoms with E-state index in [9.17, 15) is 4.79 Å². The highest BCUT2D eigenvalue weighted by Crippen LogP contribution is 2.00. The van der Waals surface area contributed by atoms with E-state index in [0.29, 0.717) is 12.0 Å². The molecule has 6 nitrogen and oxygen atoms in total.